The Bertz CT molecular complexity index is 709. The first-order valence-corrected chi connectivity index (χ1v) is 7.47. The zero-order valence-electron chi connectivity index (χ0n) is 13.3. The van der Waals surface area contributed by atoms with E-state index < -0.39 is 0 Å². The Morgan fingerprint density at radius 3 is 2.48 bits per heavy atom. The minimum atomic E-state index is -0.248. The van der Waals surface area contributed by atoms with Gasteiger partial charge in [-0.15, -0.1) is 0 Å². The minimum absolute atomic E-state index is 0.248. The van der Waals surface area contributed by atoms with Gasteiger partial charge in [0.05, 0.1) is 12.8 Å². The van der Waals surface area contributed by atoms with Crippen LogP contribution in [0.1, 0.15) is 5.56 Å². The fraction of sp³-hybridized carbons (Fsp3) is 0.167. The van der Waals surface area contributed by atoms with Gasteiger partial charge in [-0.1, -0.05) is 23.7 Å². The summed E-state index contributed by atoms with van der Waals surface area (Å²) in [5.74, 6) is 0.314. The molecule has 1 amide bonds. The third kappa shape index (κ3) is 4.76. The molecule has 1 N–H and O–H groups in total. The van der Waals surface area contributed by atoms with Gasteiger partial charge in [-0.05, 0) is 42.0 Å². The van der Waals surface area contributed by atoms with E-state index in [-0.39, 0.29) is 5.91 Å². The average molecular weight is 331 g/mol. The highest BCUT2D eigenvalue weighted by atomic mass is 35.5. The molecule has 0 aromatic heterocycles. The van der Waals surface area contributed by atoms with Crippen molar-refractivity contribution in [2.24, 2.45) is 0 Å². The summed E-state index contributed by atoms with van der Waals surface area (Å²) >= 11 is 5.94. The van der Waals surface area contributed by atoms with E-state index in [4.69, 9.17) is 16.3 Å². The third-order valence-corrected chi connectivity index (χ3v) is 3.49. The zero-order chi connectivity index (χ0) is 16.8. The summed E-state index contributed by atoms with van der Waals surface area (Å²) < 4.78 is 5.20. The Morgan fingerprint density at radius 1 is 1.17 bits per heavy atom. The molecule has 0 aliphatic rings. The van der Waals surface area contributed by atoms with Crippen molar-refractivity contribution in [3.63, 3.8) is 0 Å². The normalized spacial score (nSPS) is 10.6. The summed E-state index contributed by atoms with van der Waals surface area (Å²) in [7, 11) is 5.51. The van der Waals surface area contributed by atoms with Crippen molar-refractivity contribution >= 4 is 35.0 Å². The SMILES string of the molecule is COc1ccc(Cl)cc1NC(=O)/C=C/c1ccc(N(C)C)cc1. The maximum atomic E-state index is 12.0. The van der Waals surface area contributed by atoms with E-state index >= 15 is 0 Å². The Balaban J connectivity index is 2.05. The second kappa shape index (κ2) is 7.70. The molecule has 0 saturated heterocycles. The van der Waals surface area contributed by atoms with Gasteiger partial charge in [0.15, 0.2) is 0 Å². The quantitative estimate of drug-likeness (QED) is 0.840. The Labute approximate surface area is 141 Å². The summed E-state index contributed by atoms with van der Waals surface area (Å²) in [6.45, 7) is 0. The lowest BCUT2D eigenvalue weighted by molar-refractivity contribution is -0.111. The lowest BCUT2D eigenvalue weighted by atomic mass is 10.2. The molecule has 2 aromatic carbocycles. The average Bonchev–Trinajstić information content (AvgIpc) is 2.53. The Kier molecular flexibility index (Phi) is 5.66. The molecule has 0 heterocycles. The summed E-state index contributed by atoms with van der Waals surface area (Å²) in [5, 5.41) is 3.29. The molecule has 2 aromatic rings. The highest BCUT2D eigenvalue weighted by Crippen LogP contribution is 2.27. The van der Waals surface area contributed by atoms with Crippen LogP contribution in [-0.2, 0) is 4.79 Å². The largest absolute Gasteiger partial charge is 0.495 e. The van der Waals surface area contributed by atoms with Crippen LogP contribution < -0.4 is 15.0 Å². The third-order valence-electron chi connectivity index (χ3n) is 3.26. The van der Waals surface area contributed by atoms with Crippen molar-refractivity contribution in [1.82, 2.24) is 0 Å². The van der Waals surface area contributed by atoms with E-state index in [1.165, 1.54) is 6.08 Å². The lowest BCUT2D eigenvalue weighted by Crippen LogP contribution is -2.09. The van der Waals surface area contributed by atoms with Gasteiger partial charge in [0.2, 0.25) is 5.91 Å². The molecule has 0 unspecified atom stereocenters. The predicted molar refractivity (Wildman–Crippen MR) is 96.4 cm³/mol. The first kappa shape index (κ1) is 16.9. The van der Waals surface area contributed by atoms with Gasteiger partial charge in [-0.2, -0.15) is 0 Å². The molecular formula is C18H19ClN2O2. The number of halogens is 1. The molecule has 5 heteroatoms. The van der Waals surface area contributed by atoms with Crippen LogP contribution >= 0.6 is 11.6 Å². The van der Waals surface area contributed by atoms with Crippen molar-refractivity contribution in [3.8, 4) is 5.75 Å². The number of carbonyl (C=O) groups is 1. The molecule has 0 spiro atoms. The van der Waals surface area contributed by atoms with Gasteiger partial charge in [-0.3, -0.25) is 4.79 Å². The Hall–Kier alpha value is -2.46. The van der Waals surface area contributed by atoms with Gasteiger partial charge in [-0.25, -0.2) is 0 Å². The molecule has 4 nitrogen and oxygen atoms in total. The number of benzene rings is 2. The summed E-state index contributed by atoms with van der Waals surface area (Å²) in [6.07, 6.45) is 3.23. The van der Waals surface area contributed by atoms with E-state index in [0.717, 1.165) is 11.3 Å². The zero-order valence-corrected chi connectivity index (χ0v) is 14.1. The molecule has 0 aliphatic heterocycles. The van der Waals surface area contributed by atoms with Crippen molar-refractivity contribution in [2.75, 3.05) is 31.4 Å². The van der Waals surface area contributed by atoms with Crippen molar-refractivity contribution in [3.05, 3.63) is 59.1 Å². The molecule has 0 aliphatic carbocycles. The second-order valence-corrected chi connectivity index (χ2v) is 5.59. The number of methoxy groups -OCH3 is 1. The minimum Gasteiger partial charge on any atom is -0.495 e. The number of rotatable bonds is 5. The van der Waals surface area contributed by atoms with Crippen LogP contribution in [0.5, 0.6) is 5.75 Å². The van der Waals surface area contributed by atoms with Gasteiger partial charge < -0.3 is 15.0 Å². The maximum absolute atomic E-state index is 12.0. The van der Waals surface area contributed by atoms with E-state index in [0.29, 0.717) is 16.5 Å². The molecule has 0 fully saturated rings. The van der Waals surface area contributed by atoms with Crippen LogP contribution in [0.2, 0.25) is 5.02 Å². The summed E-state index contributed by atoms with van der Waals surface area (Å²) in [5.41, 5.74) is 2.59. The van der Waals surface area contributed by atoms with Crippen LogP contribution in [-0.4, -0.2) is 27.1 Å². The van der Waals surface area contributed by atoms with Gasteiger partial charge in [0.1, 0.15) is 5.75 Å². The lowest BCUT2D eigenvalue weighted by Gasteiger charge is -2.11. The molecule has 0 atom stereocenters. The number of nitrogens with zero attached hydrogens (tertiary/aromatic N) is 1. The van der Waals surface area contributed by atoms with Gasteiger partial charge in [0.25, 0.3) is 0 Å². The highest BCUT2D eigenvalue weighted by molar-refractivity contribution is 6.31. The van der Waals surface area contributed by atoms with Gasteiger partial charge in [0, 0.05) is 30.9 Å². The second-order valence-electron chi connectivity index (χ2n) is 5.15. The number of carbonyl (C=O) groups excluding carboxylic acids is 1. The number of ether oxygens (including phenoxy) is 1. The van der Waals surface area contributed by atoms with E-state index in [9.17, 15) is 4.79 Å². The number of hydrogen-bond acceptors (Lipinski definition) is 3. The van der Waals surface area contributed by atoms with Crippen LogP contribution in [0.15, 0.2) is 48.5 Å². The fourth-order valence-corrected chi connectivity index (χ4v) is 2.18. The maximum Gasteiger partial charge on any atom is 0.248 e. The number of nitrogens with one attached hydrogen (secondary N) is 1. The standard InChI is InChI=1S/C18H19ClN2O2/c1-21(2)15-8-4-13(5-9-15)6-11-18(22)20-16-12-14(19)7-10-17(16)23-3/h4-12H,1-3H3,(H,20,22)/b11-6+. The molecular weight excluding hydrogens is 312 g/mol. The van der Waals surface area contributed by atoms with E-state index in [2.05, 4.69) is 5.32 Å². The number of anilines is 2. The fourth-order valence-electron chi connectivity index (χ4n) is 2.01. The van der Waals surface area contributed by atoms with Crippen LogP contribution in [0.25, 0.3) is 6.08 Å². The molecule has 0 saturated carbocycles. The van der Waals surface area contributed by atoms with Crippen molar-refractivity contribution < 1.29 is 9.53 Å². The van der Waals surface area contributed by atoms with Crippen LogP contribution in [0, 0.1) is 0 Å². The first-order valence-electron chi connectivity index (χ1n) is 7.09. The monoisotopic (exact) mass is 330 g/mol. The number of hydrogen-bond donors (Lipinski definition) is 1. The van der Waals surface area contributed by atoms with Crippen molar-refractivity contribution in [2.45, 2.75) is 0 Å². The topological polar surface area (TPSA) is 41.6 Å². The molecule has 0 radical (unpaired) electrons. The van der Waals surface area contributed by atoms with Crippen molar-refractivity contribution in [1.29, 1.82) is 0 Å². The van der Waals surface area contributed by atoms with Gasteiger partial charge >= 0.3 is 0 Å². The van der Waals surface area contributed by atoms with Crippen LogP contribution in [0.3, 0.4) is 0 Å². The smallest absolute Gasteiger partial charge is 0.248 e. The molecule has 23 heavy (non-hydrogen) atoms. The first-order chi connectivity index (χ1) is 11.0. The summed E-state index contributed by atoms with van der Waals surface area (Å²) in [6, 6.07) is 13.0. The van der Waals surface area contributed by atoms with E-state index in [1.54, 1.807) is 31.4 Å². The van der Waals surface area contributed by atoms with E-state index in [1.807, 2.05) is 43.3 Å². The predicted octanol–water partition coefficient (Wildman–Crippen LogP) is 4.07. The highest BCUT2D eigenvalue weighted by Gasteiger charge is 2.06. The van der Waals surface area contributed by atoms with Crippen LogP contribution in [0.4, 0.5) is 11.4 Å². The Morgan fingerprint density at radius 2 is 1.87 bits per heavy atom. The molecule has 120 valence electrons. The number of amides is 1. The molecule has 0 bridgehead atoms. The molecule has 2 rings (SSSR count). The summed E-state index contributed by atoms with van der Waals surface area (Å²) in [4.78, 5) is 14.1.